The van der Waals surface area contributed by atoms with Crippen molar-refractivity contribution in [2.24, 2.45) is 5.92 Å². The maximum Gasteiger partial charge on any atom is 0.305 e. The first-order chi connectivity index (χ1) is 6.10. The molecule has 0 aliphatic carbocycles. The van der Waals surface area contributed by atoms with Crippen LogP contribution >= 0.6 is 0 Å². The Kier molecular flexibility index (Phi) is 5.93. The normalized spacial score (nSPS) is 11.9. The molecule has 0 rings (SSSR count). The summed E-state index contributed by atoms with van der Waals surface area (Å²) in [4.78, 5) is 21.5. The van der Waals surface area contributed by atoms with Crippen molar-refractivity contribution in [3.05, 3.63) is 0 Å². The van der Waals surface area contributed by atoms with Crippen molar-refractivity contribution in [1.29, 1.82) is 0 Å². The fourth-order valence-electron chi connectivity index (χ4n) is 0.936. The number of methoxy groups -OCH3 is 2. The van der Waals surface area contributed by atoms with Gasteiger partial charge in [-0.1, -0.05) is 6.92 Å². The van der Waals surface area contributed by atoms with Crippen LogP contribution in [0.2, 0.25) is 0 Å². The quantitative estimate of drug-likeness (QED) is 0.607. The van der Waals surface area contributed by atoms with Gasteiger partial charge in [0, 0.05) is 12.8 Å². The van der Waals surface area contributed by atoms with Crippen LogP contribution in [0.3, 0.4) is 0 Å². The summed E-state index contributed by atoms with van der Waals surface area (Å²) in [6.07, 6.45) is 1.37. The number of hydrogen-bond acceptors (Lipinski definition) is 4. The van der Waals surface area contributed by atoms with E-state index >= 15 is 0 Å². The predicted octanol–water partition coefficient (Wildman–Crippen LogP) is 1.14. The van der Waals surface area contributed by atoms with Gasteiger partial charge >= 0.3 is 11.9 Å². The Balaban J connectivity index is 3.56. The first-order valence-corrected chi connectivity index (χ1v) is 4.23. The van der Waals surface area contributed by atoms with E-state index in [4.69, 9.17) is 0 Å². The summed E-state index contributed by atoms with van der Waals surface area (Å²) in [7, 11) is 2.71. The number of esters is 2. The topological polar surface area (TPSA) is 52.6 Å². The van der Waals surface area contributed by atoms with Crippen molar-refractivity contribution in [2.45, 2.75) is 26.2 Å². The van der Waals surface area contributed by atoms with Crippen molar-refractivity contribution >= 4 is 11.9 Å². The Labute approximate surface area is 78.2 Å². The van der Waals surface area contributed by atoms with Gasteiger partial charge in [0.05, 0.1) is 14.2 Å². The van der Waals surface area contributed by atoms with Gasteiger partial charge in [0.2, 0.25) is 0 Å². The van der Waals surface area contributed by atoms with E-state index in [0.717, 1.165) is 0 Å². The molecule has 0 amide bonds. The zero-order valence-electron chi connectivity index (χ0n) is 8.33. The average Bonchev–Trinajstić information content (AvgIpc) is 2.13. The minimum atomic E-state index is -0.239. The zero-order valence-corrected chi connectivity index (χ0v) is 8.33. The van der Waals surface area contributed by atoms with Gasteiger partial charge in [0.1, 0.15) is 0 Å². The lowest BCUT2D eigenvalue weighted by Gasteiger charge is -2.08. The SMILES string of the molecule is COC(=O)CCC(C)CC(=O)OC. The molecule has 1 atom stereocenters. The molecule has 0 saturated heterocycles. The summed E-state index contributed by atoms with van der Waals surface area (Å²) in [5.74, 6) is -0.319. The molecule has 4 nitrogen and oxygen atoms in total. The largest absolute Gasteiger partial charge is 0.469 e. The van der Waals surface area contributed by atoms with Crippen molar-refractivity contribution in [1.82, 2.24) is 0 Å². The van der Waals surface area contributed by atoms with E-state index < -0.39 is 0 Å². The Bertz CT molecular complexity index is 176. The zero-order chi connectivity index (χ0) is 10.3. The van der Waals surface area contributed by atoms with Crippen LogP contribution in [0.15, 0.2) is 0 Å². The molecular weight excluding hydrogens is 172 g/mol. The van der Waals surface area contributed by atoms with E-state index in [9.17, 15) is 9.59 Å². The number of hydrogen-bond donors (Lipinski definition) is 0. The Morgan fingerprint density at radius 1 is 1.15 bits per heavy atom. The second-order valence-corrected chi connectivity index (χ2v) is 3.00. The van der Waals surface area contributed by atoms with E-state index in [1.807, 2.05) is 6.92 Å². The van der Waals surface area contributed by atoms with Crippen LogP contribution in [0, 0.1) is 5.92 Å². The minimum absolute atomic E-state index is 0.159. The third-order valence-electron chi connectivity index (χ3n) is 1.81. The third kappa shape index (κ3) is 6.13. The van der Waals surface area contributed by atoms with Gasteiger partial charge in [0.25, 0.3) is 0 Å². The van der Waals surface area contributed by atoms with E-state index in [1.54, 1.807) is 0 Å². The highest BCUT2D eigenvalue weighted by Crippen LogP contribution is 2.11. The fourth-order valence-corrected chi connectivity index (χ4v) is 0.936. The molecule has 0 aromatic heterocycles. The third-order valence-corrected chi connectivity index (χ3v) is 1.81. The molecule has 13 heavy (non-hydrogen) atoms. The Morgan fingerprint density at radius 2 is 1.69 bits per heavy atom. The maximum absolute atomic E-state index is 10.8. The molecule has 0 bridgehead atoms. The van der Waals surface area contributed by atoms with Crippen LogP contribution < -0.4 is 0 Å². The van der Waals surface area contributed by atoms with Crippen molar-refractivity contribution in [3.63, 3.8) is 0 Å². The highest BCUT2D eigenvalue weighted by Gasteiger charge is 2.11. The van der Waals surface area contributed by atoms with Gasteiger partial charge in [0.15, 0.2) is 0 Å². The van der Waals surface area contributed by atoms with E-state index in [0.29, 0.717) is 19.3 Å². The molecule has 76 valence electrons. The molecule has 0 spiro atoms. The smallest absolute Gasteiger partial charge is 0.305 e. The lowest BCUT2D eigenvalue weighted by molar-refractivity contribution is -0.143. The molecule has 0 heterocycles. The van der Waals surface area contributed by atoms with Gasteiger partial charge in [-0.2, -0.15) is 0 Å². The molecular formula is C9H16O4. The van der Waals surface area contributed by atoms with E-state index in [2.05, 4.69) is 9.47 Å². The van der Waals surface area contributed by atoms with Crippen LogP contribution in [0.5, 0.6) is 0 Å². The number of carbonyl (C=O) groups excluding carboxylic acids is 2. The van der Waals surface area contributed by atoms with Crippen molar-refractivity contribution in [3.8, 4) is 0 Å². The summed E-state index contributed by atoms with van der Waals surface area (Å²) in [6, 6.07) is 0. The van der Waals surface area contributed by atoms with Crippen LogP contribution in [-0.2, 0) is 19.1 Å². The summed E-state index contributed by atoms with van der Waals surface area (Å²) in [6.45, 7) is 1.90. The summed E-state index contributed by atoms with van der Waals surface area (Å²) >= 11 is 0. The van der Waals surface area contributed by atoms with Gasteiger partial charge in [-0.05, 0) is 12.3 Å². The van der Waals surface area contributed by atoms with Gasteiger partial charge in [-0.25, -0.2) is 0 Å². The van der Waals surface area contributed by atoms with Gasteiger partial charge in [-0.15, -0.1) is 0 Å². The van der Waals surface area contributed by atoms with Gasteiger partial charge in [-0.3, -0.25) is 9.59 Å². The van der Waals surface area contributed by atoms with Crippen LogP contribution in [0.25, 0.3) is 0 Å². The summed E-state index contributed by atoms with van der Waals surface area (Å²) in [5.41, 5.74) is 0. The second-order valence-electron chi connectivity index (χ2n) is 3.00. The second kappa shape index (κ2) is 6.46. The Hall–Kier alpha value is -1.06. The highest BCUT2D eigenvalue weighted by molar-refractivity contribution is 5.70. The molecule has 1 unspecified atom stereocenters. The van der Waals surface area contributed by atoms with Crippen LogP contribution in [0.4, 0.5) is 0 Å². The number of carbonyl (C=O) groups is 2. The lowest BCUT2D eigenvalue weighted by Crippen LogP contribution is -2.09. The van der Waals surface area contributed by atoms with Crippen molar-refractivity contribution < 1.29 is 19.1 Å². The molecule has 0 aromatic rings. The van der Waals surface area contributed by atoms with Gasteiger partial charge < -0.3 is 9.47 Å². The fraction of sp³-hybridized carbons (Fsp3) is 0.778. The van der Waals surface area contributed by atoms with E-state index in [-0.39, 0.29) is 17.9 Å². The molecule has 0 aromatic carbocycles. The number of ether oxygens (including phenoxy) is 2. The van der Waals surface area contributed by atoms with Crippen molar-refractivity contribution in [2.75, 3.05) is 14.2 Å². The molecule has 4 heteroatoms. The summed E-state index contributed by atoms with van der Waals surface area (Å²) < 4.78 is 8.98. The predicted molar refractivity (Wildman–Crippen MR) is 47.0 cm³/mol. The molecule has 0 radical (unpaired) electrons. The van der Waals surface area contributed by atoms with Crippen LogP contribution in [-0.4, -0.2) is 26.2 Å². The lowest BCUT2D eigenvalue weighted by atomic mass is 10.0. The highest BCUT2D eigenvalue weighted by atomic mass is 16.5. The molecule has 0 saturated carbocycles. The molecule has 0 aliphatic heterocycles. The molecule has 0 fully saturated rings. The van der Waals surface area contributed by atoms with Crippen LogP contribution in [0.1, 0.15) is 26.2 Å². The van der Waals surface area contributed by atoms with E-state index in [1.165, 1.54) is 14.2 Å². The maximum atomic E-state index is 10.8. The Morgan fingerprint density at radius 3 is 2.15 bits per heavy atom. The summed E-state index contributed by atoms with van der Waals surface area (Å²) in [5, 5.41) is 0. The minimum Gasteiger partial charge on any atom is -0.469 e. The number of rotatable bonds is 5. The first kappa shape index (κ1) is 11.9. The average molecular weight is 188 g/mol. The standard InChI is InChI=1S/C9H16O4/c1-7(6-9(11)13-3)4-5-8(10)12-2/h7H,4-6H2,1-3H3. The molecule has 0 aliphatic rings. The first-order valence-electron chi connectivity index (χ1n) is 4.23. The monoisotopic (exact) mass is 188 g/mol. The molecule has 0 N–H and O–H groups in total.